The van der Waals surface area contributed by atoms with E-state index in [1.165, 1.54) is 186 Å². The molecule has 1 unspecified atom stereocenters. The van der Waals surface area contributed by atoms with Gasteiger partial charge in [0.25, 0.3) is 0 Å². The molecular weight excluding hydrogens is 721 g/mol. The Labute approximate surface area is 361 Å². The molecule has 0 aliphatic heterocycles. The normalized spacial score (nSPS) is 12.4. The van der Waals surface area contributed by atoms with E-state index in [0.717, 1.165) is 63.7 Å². The molecular formula is C52H100O6. The SMILES string of the molecule is CCCCCCCCCCCCCCCCCCCCCC(=O)O[C@H](COC(=O)CCCCCCCCCCC)COC(=O)CCCCCCCCCCC(C)CC. The van der Waals surface area contributed by atoms with Gasteiger partial charge in [0.15, 0.2) is 6.10 Å². The molecule has 0 aromatic carbocycles. The zero-order valence-corrected chi connectivity index (χ0v) is 39.5. The molecule has 2 atom stereocenters. The summed E-state index contributed by atoms with van der Waals surface area (Å²) in [6.45, 7) is 9.01. The second-order valence-corrected chi connectivity index (χ2v) is 18.1. The predicted molar refractivity (Wildman–Crippen MR) is 247 cm³/mol. The van der Waals surface area contributed by atoms with E-state index in [0.29, 0.717) is 19.3 Å². The quantitative estimate of drug-likeness (QED) is 0.0346. The van der Waals surface area contributed by atoms with E-state index < -0.39 is 6.10 Å². The van der Waals surface area contributed by atoms with Gasteiger partial charge in [-0.1, -0.05) is 252 Å². The van der Waals surface area contributed by atoms with Gasteiger partial charge in [-0.25, -0.2) is 0 Å². The van der Waals surface area contributed by atoms with Crippen molar-refractivity contribution in [3.8, 4) is 0 Å². The van der Waals surface area contributed by atoms with Crippen LogP contribution in [0.15, 0.2) is 0 Å². The highest BCUT2D eigenvalue weighted by Crippen LogP contribution is 2.17. The molecule has 0 saturated heterocycles. The third-order valence-electron chi connectivity index (χ3n) is 12.2. The van der Waals surface area contributed by atoms with E-state index in [4.69, 9.17) is 14.2 Å². The Kier molecular flexibility index (Phi) is 45.2. The smallest absolute Gasteiger partial charge is 0.306 e. The van der Waals surface area contributed by atoms with Crippen LogP contribution < -0.4 is 0 Å². The fourth-order valence-corrected chi connectivity index (χ4v) is 7.83. The van der Waals surface area contributed by atoms with Crippen molar-refractivity contribution in [2.75, 3.05) is 13.2 Å². The van der Waals surface area contributed by atoms with Crippen LogP contribution in [0, 0.1) is 5.92 Å². The summed E-state index contributed by atoms with van der Waals surface area (Å²) < 4.78 is 16.8. The van der Waals surface area contributed by atoms with E-state index in [2.05, 4.69) is 27.7 Å². The first-order valence-electron chi connectivity index (χ1n) is 25.9. The summed E-state index contributed by atoms with van der Waals surface area (Å²) in [6.07, 6.45) is 48.1. The molecule has 0 aliphatic carbocycles. The largest absolute Gasteiger partial charge is 0.462 e. The van der Waals surface area contributed by atoms with E-state index in [9.17, 15) is 14.4 Å². The minimum absolute atomic E-state index is 0.0637. The molecule has 0 amide bonds. The summed E-state index contributed by atoms with van der Waals surface area (Å²) in [7, 11) is 0. The van der Waals surface area contributed by atoms with Gasteiger partial charge in [0.2, 0.25) is 0 Å². The number of carbonyl (C=O) groups is 3. The van der Waals surface area contributed by atoms with E-state index in [1.807, 2.05) is 0 Å². The first-order chi connectivity index (χ1) is 28.4. The molecule has 0 radical (unpaired) electrons. The maximum absolute atomic E-state index is 12.8. The predicted octanol–water partition coefficient (Wildman–Crippen LogP) is 16.7. The minimum atomic E-state index is -0.760. The molecule has 344 valence electrons. The Hall–Kier alpha value is -1.59. The first kappa shape index (κ1) is 56.4. The van der Waals surface area contributed by atoms with Gasteiger partial charge in [-0.3, -0.25) is 14.4 Å². The second-order valence-electron chi connectivity index (χ2n) is 18.1. The topological polar surface area (TPSA) is 78.9 Å². The lowest BCUT2D eigenvalue weighted by Gasteiger charge is -2.18. The molecule has 0 aromatic rings. The lowest BCUT2D eigenvalue weighted by Crippen LogP contribution is -2.30. The fraction of sp³-hybridized carbons (Fsp3) is 0.942. The van der Waals surface area contributed by atoms with Gasteiger partial charge < -0.3 is 14.2 Å². The van der Waals surface area contributed by atoms with Crippen molar-refractivity contribution in [3.05, 3.63) is 0 Å². The van der Waals surface area contributed by atoms with Gasteiger partial charge in [-0.2, -0.15) is 0 Å². The summed E-state index contributed by atoms with van der Waals surface area (Å²) in [6, 6.07) is 0. The van der Waals surface area contributed by atoms with Gasteiger partial charge in [0, 0.05) is 19.3 Å². The highest BCUT2D eigenvalue weighted by atomic mass is 16.6. The van der Waals surface area contributed by atoms with Crippen LogP contribution in [0.25, 0.3) is 0 Å². The number of rotatable bonds is 47. The molecule has 6 nitrogen and oxygen atoms in total. The molecule has 58 heavy (non-hydrogen) atoms. The summed E-state index contributed by atoms with van der Waals surface area (Å²) >= 11 is 0. The summed E-state index contributed by atoms with van der Waals surface area (Å²) in [5.41, 5.74) is 0. The Balaban J connectivity index is 4.24. The summed E-state index contributed by atoms with van der Waals surface area (Å²) in [5.74, 6) is -0.00173. The van der Waals surface area contributed by atoms with Crippen LogP contribution in [0.5, 0.6) is 0 Å². The van der Waals surface area contributed by atoms with Gasteiger partial charge in [-0.15, -0.1) is 0 Å². The zero-order chi connectivity index (χ0) is 42.4. The molecule has 0 fully saturated rings. The minimum Gasteiger partial charge on any atom is -0.462 e. The van der Waals surface area contributed by atoms with Crippen molar-refractivity contribution in [1.29, 1.82) is 0 Å². The monoisotopic (exact) mass is 821 g/mol. The standard InChI is InChI=1S/C52H100O6/c1-5-8-10-12-14-16-17-18-19-20-21-22-23-24-25-27-33-37-41-45-52(55)58-49(46-56-50(53)43-39-35-31-26-15-13-11-9-6-2)47-57-51(54)44-40-36-32-29-28-30-34-38-42-48(4)7-3/h48-49H,5-47H2,1-4H3/t48?,49-/m1/s1. The molecule has 6 heteroatoms. The van der Waals surface area contributed by atoms with Gasteiger partial charge in [0.1, 0.15) is 13.2 Å². The molecule has 0 rings (SSSR count). The number of hydrogen-bond donors (Lipinski definition) is 0. The maximum atomic E-state index is 12.8. The van der Waals surface area contributed by atoms with Crippen molar-refractivity contribution >= 4 is 17.9 Å². The van der Waals surface area contributed by atoms with Gasteiger partial charge >= 0.3 is 17.9 Å². The molecule has 0 saturated carbocycles. The molecule has 0 heterocycles. The Morgan fingerprint density at radius 2 is 0.603 bits per heavy atom. The van der Waals surface area contributed by atoms with Crippen LogP contribution in [-0.2, 0) is 28.6 Å². The molecule has 0 spiro atoms. The third kappa shape index (κ3) is 44.0. The van der Waals surface area contributed by atoms with E-state index in [-0.39, 0.29) is 31.1 Å². The first-order valence-corrected chi connectivity index (χ1v) is 25.9. The average Bonchev–Trinajstić information content (AvgIpc) is 3.22. The highest BCUT2D eigenvalue weighted by molar-refractivity contribution is 5.71. The van der Waals surface area contributed by atoms with Crippen molar-refractivity contribution in [2.24, 2.45) is 5.92 Å². The summed E-state index contributed by atoms with van der Waals surface area (Å²) in [4.78, 5) is 37.8. The lowest BCUT2D eigenvalue weighted by atomic mass is 9.99. The number of carbonyl (C=O) groups excluding carboxylic acids is 3. The fourth-order valence-electron chi connectivity index (χ4n) is 7.83. The number of ether oxygens (including phenoxy) is 3. The number of unbranched alkanes of at least 4 members (excludes halogenated alkanes) is 33. The van der Waals surface area contributed by atoms with Crippen LogP contribution in [0.1, 0.15) is 291 Å². The summed E-state index contributed by atoms with van der Waals surface area (Å²) in [5, 5.41) is 0. The average molecular weight is 821 g/mol. The highest BCUT2D eigenvalue weighted by Gasteiger charge is 2.19. The van der Waals surface area contributed by atoms with Crippen LogP contribution in [0.4, 0.5) is 0 Å². The van der Waals surface area contributed by atoms with Crippen LogP contribution >= 0.6 is 0 Å². The molecule has 0 N–H and O–H groups in total. The molecule has 0 aliphatic rings. The molecule has 0 aromatic heterocycles. The van der Waals surface area contributed by atoms with Crippen LogP contribution in [-0.4, -0.2) is 37.2 Å². The maximum Gasteiger partial charge on any atom is 0.306 e. The van der Waals surface area contributed by atoms with E-state index >= 15 is 0 Å². The Morgan fingerprint density at radius 3 is 0.897 bits per heavy atom. The third-order valence-corrected chi connectivity index (χ3v) is 12.2. The van der Waals surface area contributed by atoms with Gasteiger partial charge in [0.05, 0.1) is 0 Å². The van der Waals surface area contributed by atoms with Crippen LogP contribution in [0.3, 0.4) is 0 Å². The van der Waals surface area contributed by atoms with Crippen molar-refractivity contribution in [2.45, 2.75) is 297 Å². The van der Waals surface area contributed by atoms with E-state index in [1.54, 1.807) is 0 Å². The Morgan fingerprint density at radius 1 is 0.345 bits per heavy atom. The molecule has 0 bridgehead atoms. The Bertz CT molecular complexity index is 874. The lowest BCUT2D eigenvalue weighted by molar-refractivity contribution is -0.167. The zero-order valence-electron chi connectivity index (χ0n) is 39.5. The van der Waals surface area contributed by atoms with Crippen molar-refractivity contribution in [1.82, 2.24) is 0 Å². The van der Waals surface area contributed by atoms with Gasteiger partial charge in [-0.05, 0) is 25.2 Å². The number of esters is 3. The van der Waals surface area contributed by atoms with Crippen molar-refractivity contribution < 1.29 is 28.6 Å². The van der Waals surface area contributed by atoms with Crippen molar-refractivity contribution in [3.63, 3.8) is 0 Å². The van der Waals surface area contributed by atoms with Crippen LogP contribution in [0.2, 0.25) is 0 Å². The number of hydrogen-bond acceptors (Lipinski definition) is 6. The second kappa shape index (κ2) is 46.5.